The molecule has 0 amide bonds. The molecule has 2 aliphatic heterocycles. The Labute approximate surface area is 192 Å². The van der Waals surface area contributed by atoms with Crippen LogP contribution >= 0.6 is 0 Å². The van der Waals surface area contributed by atoms with E-state index in [1.54, 1.807) is 0 Å². The monoisotopic (exact) mass is 470 g/mol. The van der Waals surface area contributed by atoms with Crippen LogP contribution in [0.2, 0.25) is 0 Å². The summed E-state index contributed by atoms with van der Waals surface area (Å²) in [6, 6.07) is 1.85. The Morgan fingerprint density at radius 2 is 2.00 bits per heavy atom. The standard InChI is InChI=1S/C23H38N2O6S/c1-22(2,14-17-9-10-25(15-17)32(5,27)28)20(26)13-18-12-19(24-31-18)23(3,4)16-30-21-8-6-7-11-29-21/h12,17,21H,6-11,13-16H2,1-5H3/t17-,21?/m1/s1. The molecular formula is C23H38N2O6S. The maximum atomic E-state index is 13.0. The smallest absolute Gasteiger partial charge is 0.211 e. The van der Waals surface area contributed by atoms with Gasteiger partial charge in [-0.15, -0.1) is 0 Å². The third-order valence-electron chi connectivity index (χ3n) is 6.63. The molecule has 182 valence electrons. The molecule has 32 heavy (non-hydrogen) atoms. The summed E-state index contributed by atoms with van der Waals surface area (Å²) in [4.78, 5) is 13.0. The van der Waals surface area contributed by atoms with E-state index in [4.69, 9.17) is 14.0 Å². The number of hydrogen-bond acceptors (Lipinski definition) is 7. The molecule has 0 N–H and O–H groups in total. The fourth-order valence-corrected chi connectivity index (χ4v) is 5.35. The van der Waals surface area contributed by atoms with Gasteiger partial charge in [0.05, 0.1) is 25.0 Å². The molecule has 0 radical (unpaired) electrons. The largest absolute Gasteiger partial charge is 0.361 e. The molecule has 0 aromatic carbocycles. The molecule has 3 rings (SSSR count). The minimum Gasteiger partial charge on any atom is -0.361 e. The first-order valence-electron chi connectivity index (χ1n) is 11.5. The van der Waals surface area contributed by atoms with Gasteiger partial charge < -0.3 is 14.0 Å². The Morgan fingerprint density at radius 3 is 2.62 bits per heavy atom. The van der Waals surface area contributed by atoms with Crippen LogP contribution in [0.4, 0.5) is 0 Å². The molecule has 0 bridgehead atoms. The SMILES string of the molecule is CC(C)(C[C@H]1CCN(S(C)(=O)=O)C1)C(=O)Cc1cc(C(C)(C)COC2CCCCO2)no1. The van der Waals surface area contributed by atoms with Crippen LogP contribution in [0.5, 0.6) is 0 Å². The number of nitrogens with zero attached hydrogens (tertiary/aromatic N) is 2. The van der Waals surface area contributed by atoms with Gasteiger partial charge in [0, 0.05) is 36.6 Å². The minimum atomic E-state index is -3.18. The molecule has 1 unspecified atom stereocenters. The summed E-state index contributed by atoms with van der Waals surface area (Å²) < 4.78 is 42.1. The third kappa shape index (κ3) is 6.62. The summed E-state index contributed by atoms with van der Waals surface area (Å²) in [5.74, 6) is 0.805. The number of ketones is 1. The van der Waals surface area contributed by atoms with Gasteiger partial charge >= 0.3 is 0 Å². The number of aromatic nitrogens is 1. The highest BCUT2D eigenvalue weighted by Gasteiger charge is 2.36. The van der Waals surface area contributed by atoms with Crippen molar-refractivity contribution in [3.05, 3.63) is 17.5 Å². The van der Waals surface area contributed by atoms with E-state index >= 15 is 0 Å². The van der Waals surface area contributed by atoms with E-state index in [9.17, 15) is 13.2 Å². The topological polar surface area (TPSA) is 98.9 Å². The summed E-state index contributed by atoms with van der Waals surface area (Å²) in [5.41, 5.74) is -0.171. The van der Waals surface area contributed by atoms with Crippen molar-refractivity contribution >= 4 is 15.8 Å². The predicted molar refractivity (Wildman–Crippen MR) is 121 cm³/mol. The van der Waals surface area contributed by atoms with E-state index in [0.29, 0.717) is 31.9 Å². The first-order chi connectivity index (χ1) is 14.9. The van der Waals surface area contributed by atoms with Gasteiger partial charge in [-0.2, -0.15) is 0 Å². The molecule has 8 nitrogen and oxygen atoms in total. The Hall–Kier alpha value is -1.29. The molecule has 0 saturated carbocycles. The van der Waals surface area contributed by atoms with Crippen molar-refractivity contribution in [1.82, 2.24) is 9.46 Å². The second kappa shape index (κ2) is 9.91. The number of rotatable bonds is 10. The number of hydrogen-bond donors (Lipinski definition) is 0. The van der Waals surface area contributed by atoms with E-state index in [1.165, 1.54) is 10.6 Å². The Balaban J connectivity index is 1.53. The van der Waals surface area contributed by atoms with Crippen LogP contribution in [-0.4, -0.2) is 62.5 Å². The van der Waals surface area contributed by atoms with Crippen LogP contribution < -0.4 is 0 Å². The number of Topliss-reactive ketones (excluding diaryl/α,β-unsaturated/α-hetero) is 1. The van der Waals surface area contributed by atoms with Gasteiger partial charge in [0.2, 0.25) is 10.0 Å². The molecule has 0 spiro atoms. The van der Waals surface area contributed by atoms with Crippen molar-refractivity contribution in [3.8, 4) is 0 Å². The predicted octanol–water partition coefficient (Wildman–Crippen LogP) is 3.30. The van der Waals surface area contributed by atoms with E-state index < -0.39 is 15.4 Å². The van der Waals surface area contributed by atoms with Crippen molar-refractivity contribution in [1.29, 1.82) is 0 Å². The van der Waals surface area contributed by atoms with E-state index in [-0.39, 0.29) is 29.8 Å². The summed E-state index contributed by atoms with van der Waals surface area (Å²) in [6.07, 6.45) is 5.79. The molecule has 1 aromatic rings. The Morgan fingerprint density at radius 1 is 1.25 bits per heavy atom. The van der Waals surface area contributed by atoms with Gasteiger partial charge in [0.25, 0.3) is 0 Å². The second-order valence-corrected chi connectivity index (χ2v) is 12.6. The van der Waals surface area contributed by atoms with Crippen LogP contribution in [0, 0.1) is 11.3 Å². The fourth-order valence-electron chi connectivity index (χ4n) is 4.43. The lowest BCUT2D eigenvalue weighted by Gasteiger charge is -2.28. The quantitative estimate of drug-likeness (QED) is 0.517. The average Bonchev–Trinajstić information content (AvgIpc) is 3.37. The molecule has 1 aromatic heterocycles. The first kappa shape index (κ1) is 25.3. The zero-order chi connectivity index (χ0) is 23.6. The maximum absolute atomic E-state index is 13.0. The van der Waals surface area contributed by atoms with Crippen molar-refractivity contribution in [2.24, 2.45) is 11.3 Å². The summed E-state index contributed by atoms with van der Waals surface area (Å²) in [6.45, 7) is 10.2. The van der Waals surface area contributed by atoms with Gasteiger partial charge in [0.1, 0.15) is 11.5 Å². The first-order valence-corrected chi connectivity index (χ1v) is 13.4. The highest BCUT2D eigenvalue weighted by molar-refractivity contribution is 7.88. The van der Waals surface area contributed by atoms with Gasteiger partial charge in [-0.25, -0.2) is 12.7 Å². The van der Waals surface area contributed by atoms with E-state index in [2.05, 4.69) is 5.16 Å². The molecule has 9 heteroatoms. The number of carbonyl (C=O) groups is 1. The molecule has 2 aliphatic rings. The fraction of sp³-hybridized carbons (Fsp3) is 0.826. The van der Waals surface area contributed by atoms with Gasteiger partial charge in [-0.3, -0.25) is 4.79 Å². The second-order valence-electron chi connectivity index (χ2n) is 10.6. The van der Waals surface area contributed by atoms with Gasteiger partial charge in [-0.05, 0) is 38.0 Å². The maximum Gasteiger partial charge on any atom is 0.211 e. The van der Waals surface area contributed by atoms with Crippen LogP contribution in [0.1, 0.15) is 71.3 Å². The lowest BCUT2D eigenvalue weighted by atomic mass is 9.77. The number of sulfonamides is 1. The minimum absolute atomic E-state index is 0.0719. The van der Waals surface area contributed by atoms with Crippen molar-refractivity contribution in [2.45, 2.75) is 77.9 Å². The Bertz CT molecular complexity index is 886. The van der Waals surface area contributed by atoms with Crippen molar-refractivity contribution in [2.75, 3.05) is 32.6 Å². The van der Waals surface area contributed by atoms with Gasteiger partial charge in [-0.1, -0.05) is 32.9 Å². The highest BCUT2D eigenvalue weighted by atomic mass is 32.2. The number of carbonyl (C=O) groups excluding carboxylic acids is 1. The van der Waals surface area contributed by atoms with Crippen molar-refractivity contribution < 1.29 is 27.2 Å². The van der Waals surface area contributed by atoms with Crippen LogP contribution in [-0.2, 0) is 36.1 Å². The average molecular weight is 471 g/mol. The normalized spacial score (nSPS) is 23.5. The summed E-state index contributed by atoms with van der Waals surface area (Å²) >= 11 is 0. The van der Waals surface area contributed by atoms with E-state index in [0.717, 1.165) is 38.0 Å². The van der Waals surface area contributed by atoms with Crippen molar-refractivity contribution in [3.63, 3.8) is 0 Å². The number of ether oxygens (including phenoxy) is 2. The van der Waals surface area contributed by atoms with Crippen LogP contribution in [0.15, 0.2) is 10.6 Å². The zero-order valence-electron chi connectivity index (χ0n) is 20.1. The van der Waals surface area contributed by atoms with Crippen LogP contribution in [0.25, 0.3) is 0 Å². The summed E-state index contributed by atoms with van der Waals surface area (Å²) in [5, 5.41) is 4.21. The van der Waals surface area contributed by atoms with Crippen LogP contribution in [0.3, 0.4) is 0 Å². The lowest BCUT2D eigenvalue weighted by Crippen LogP contribution is -2.31. The molecule has 3 heterocycles. The summed E-state index contributed by atoms with van der Waals surface area (Å²) in [7, 11) is -3.18. The van der Waals surface area contributed by atoms with E-state index in [1.807, 2.05) is 33.8 Å². The Kier molecular flexibility index (Phi) is 7.85. The molecule has 2 atom stereocenters. The third-order valence-corrected chi connectivity index (χ3v) is 7.90. The molecular weight excluding hydrogens is 432 g/mol. The highest BCUT2D eigenvalue weighted by Crippen LogP contribution is 2.34. The molecule has 2 saturated heterocycles. The molecule has 2 fully saturated rings. The lowest BCUT2D eigenvalue weighted by molar-refractivity contribution is -0.170. The van der Waals surface area contributed by atoms with Gasteiger partial charge in [0.15, 0.2) is 6.29 Å². The molecule has 0 aliphatic carbocycles. The zero-order valence-corrected chi connectivity index (χ0v) is 20.9.